The Morgan fingerprint density at radius 3 is 2.59 bits per heavy atom. The molecule has 0 amide bonds. The quantitative estimate of drug-likeness (QED) is 0.928. The van der Waals surface area contributed by atoms with E-state index in [0.29, 0.717) is 0 Å². The van der Waals surface area contributed by atoms with Gasteiger partial charge in [-0.05, 0) is 23.6 Å². The van der Waals surface area contributed by atoms with Crippen molar-refractivity contribution < 1.29 is 12.8 Å². The third-order valence-electron chi connectivity index (χ3n) is 2.14. The molecule has 0 atom stereocenters. The van der Waals surface area contributed by atoms with E-state index < -0.39 is 15.8 Å². The zero-order valence-corrected chi connectivity index (χ0v) is 10.4. The number of hydrogen-bond acceptors (Lipinski definition) is 3. The first-order chi connectivity index (χ1) is 8.09. The Bertz CT molecular complexity index is 594. The third kappa shape index (κ3) is 2.91. The molecule has 2 rings (SSSR count). The van der Waals surface area contributed by atoms with E-state index in [9.17, 15) is 12.8 Å². The van der Waals surface area contributed by atoms with Crippen molar-refractivity contribution in [3.63, 3.8) is 0 Å². The Balaban J connectivity index is 2.17. The molecule has 0 saturated heterocycles. The van der Waals surface area contributed by atoms with E-state index in [0.717, 1.165) is 10.9 Å². The van der Waals surface area contributed by atoms with Crippen molar-refractivity contribution >= 4 is 21.4 Å². The number of hydrogen-bond donors (Lipinski definition) is 1. The second-order valence-corrected chi connectivity index (χ2v) is 6.10. The van der Waals surface area contributed by atoms with Crippen LogP contribution in [0.4, 0.5) is 4.39 Å². The Kier molecular flexibility index (Phi) is 3.56. The van der Waals surface area contributed by atoms with Crippen molar-refractivity contribution in [3.05, 3.63) is 52.5 Å². The van der Waals surface area contributed by atoms with Gasteiger partial charge in [-0.3, -0.25) is 0 Å². The summed E-state index contributed by atoms with van der Waals surface area (Å²) in [6.07, 6.45) is 0. The Hall–Kier alpha value is -1.24. The molecule has 0 spiro atoms. The SMILES string of the molecule is O=S(=O)(NCc1cccs1)c1ccccc1F. The predicted octanol–water partition coefficient (Wildman–Crippen LogP) is 2.37. The minimum absolute atomic E-state index is 0.175. The maximum Gasteiger partial charge on any atom is 0.243 e. The molecule has 0 aliphatic heterocycles. The molecule has 0 bridgehead atoms. The fourth-order valence-corrected chi connectivity index (χ4v) is 3.14. The highest BCUT2D eigenvalue weighted by atomic mass is 32.2. The van der Waals surface area contributed by atoms with Crippen LogP contribution in [0.15, 0.2) is 46.7 Å². The molecule has 1 aromatic heterocycles. The van der Waals surface area contributed by atoms with E-state index in [1.807, 2.05) is 17.5 Å². The molecule has 1 N–H and O–H groups in total. The van der Waals surface area contributed by atoms with Gasteiger partial charge >= 0.3 is 0 Å². The number of benzene rings is 1. The maximum absolute atomic E-state index is 13.3. The van der Waals surface area contributed by atoms with Crippen LogP contribution >= 0.6 is 11.3 Å². The first kappa shape index (κ1) is 12.2. The highest BCUT2D eigenvalue weighted by molar-refractivity contribution is 7.89. The van der Waals surface area contributed by atoms with Gasteiger partial charge in [-0.15, -0.1) is 11.3 Å². The number of sulfonamides is 1. The van der Waals surface area contributed by atoms with Crippen LogP contribution in [0.1, 0.15) is 4.88 Å². The summed E-state index contributed by atoms with van der Waals surface area (Å²) in [5.41, 5.74) is 0. The van der Waals surface area contributed by atoms with Crippen molar-refractivity contribution in [2.24, 2.45) is 0 Å². The zero-order chi connectivity index (χ0) is 12.3. The standard InChI is InChI=1S/C11H10FNO2S2/c12-10-5-1-2-6-11(10)17(14,15)13-8-9-4-3-7-16-9/h1-7,13H,8H2. The van der Waals surface area contributed by atoms with E-state index >= 15 is 0 Å². The lowest BCUT2D eigenvalue weighted by Crippen LogP contribution is -2.23. The first-order valence-electron chi connectivity index (χ1n) is 4.86. The lowest BCUT2D eigenvalue weighted by atomic mass is 10.4. The van der Waals surface area contributed by atoms with Crippen LogP contribution in [0.2, 0.25) is 0 Å². The summed E-state index contributed by atoms with van der Waals surface area (Å²) in [6, 6.07) is 8.95. The van der Waals surface area contributed by atoms with Crippen molar-refractivity contribution in [1.82, 2.24) is 4.72 Å². The Morgan fingerprint density at radius 2 is 1.94 bits per heavy atom. The van der Waals surface area contributed by atoms with Crippen LogP contribution < -0.4 is 4.72 Å². The molecule has 0 radical (unpaired) electrons. The summed E-state index contributed by atoms with van der Waals surface area (Å²) in [7, 11) is -3.79. The van der Waals surface area contributed by atoms with Gasteiger partial charge in [0.1, 0.15) is 10.7 Å². The molecule has 0 aliphatic rings. The Morgan fingerprint density at radius 1 is 1.18 bits per heavy atom. The van der Waals surface area contributed by atoms with Crippen LogP contribution in [-0.4, -0.2) is 8.42 Å². The van der Waals surface area contributed by atoms with E-state index in [-0.39, 0.29) is 11.4 Å². The number of halogens is 1. The molecule has 1 heterocycles. The van der Waals surface area contributed by atoms with Gasteiger partial charge in [0.2, 0.25) is 10.0 Å². The van der Waals surface area contributed by atoms with E-state index in [4.69, 9.17) is 0 Å². The number of rotatable bonds is 4. The largest absolute Gasteiger partial charge is 0.243 e. The van der Waals surface area contributed by atoms with Gasteiger partial charge in [0.15, 0.2) is 0 Å². The van der Waals surface area contributed by atoms with Gasteiger partial charge in [-0.2, -0.15) is 0 Å². The van der Waals surface area contributed by atoms with Crippen molar-refractivity contribution in [1.29, 1.82) is 0 Å². The average Bonchev–Trinajstić information content (AvgIpc) is 2.80. The van der Waals surface area contributed by atoms with Gasteiger partial charge in [-0.1, -0.05) is 18.2 Å². The molecule has 6 heteroatoms. The summed E-state index contributed by atoms with van der Waals surface area (Å²) in [5, 5.41) is 1.85. The molecular formula is C11H10FNO2S2. The lowest BCUT2D eigenvalue weighted by molar-refractivity contribution is 0.557. The predicted molar refractivity (Wildman–Crippen MR) is 64.7 cm³/mol. The van der Waals surface area contributed by atoms with Crippen molar-refractivity contribution in [2.45, 2.75) is 11.4 Å². The molecule has 3 nitrogen and oxygen atoms in total. The normalized spacial score (nSPS) is 11.6. The fourth-order valence-electron chi connectivity index (χ4n) is 1.32. The van der Waals surface area contributed by atoms with Gasteiger partial charge in [0.05, 0.1) is 0 Å². The van der Waals surface area contributed by atoms with E-state index in [1.165, 1.54) is 29.5 Å². The third-order valence-corrected chi connectivity index (χ3v) is 4.45. The summed E-state index contributed by atoms with van der Waals surface area (Å²) in [4.78, 5) is 0.557. The monoisotopic (exact) mass is 271 g/mol. The second kappa shape index (κ2) is 4.95. The van der Waals surface area contributed by atoms with Gasteiger partial charge in [-0.25, -0.2) is 17.5 Å². The molecule has 0 aliphatic carbocycles. The zero-order valence-electron chi connectivity index (χ0n) is 8.76. The number of thiophene rings is 1. The summed E-state index contributed by atoms with van der Waals surface area (Å²) in [6.45, 7) is 0.175. The highest BCUT2D eigenvalue weighted by Gasteiger charge is 2.17. The smallest absolute Gasteiger partial charge is 0.207 e. The van der Waals surface area contributed by atoms with Crippen molar-refractivity contribution in [3.8, 4) is 0 Å². The molecule has 0 saturated carbocycles. The molecule has 0 unspecified atom stereocenters. The molecule has 0 fully saturated rings. The number of nitrogens with one attached hydrogen (secondary N) is 1. The minimum Gasteiger partial charge on any atom is -0.207 e. The van der Waals surface area contributed by atoms with Crippen LogP contribution in [0.5, 0.6) is 0 Å². The average molecular weight is 271 g/mol. The van der Waals surface area contributed by atoms with Crippen LogP contribution in [-0.2, 0) is 16.6 Å². The van der Waals surface area contributed by atoms with Crippen molar-refractivity contribution in [2.75, 3.05) is 0 Å². The minimum atomic E-state index is -3.79. The lowest BCUT2D eigenvalue weighted by Gasteiger charge is -2.06. The van der Waals surface area contributed by atoms with E-state index in [1.54, 1.807) is 0 Å². The van der Waals surface area contributed by atoms with Crippen LogP contribution in [0.25, 0.3) is 0 Å². The second-order valence-electron chi connectivity index (χ2n) is 3.33. The van der Waals surface area contributed by atoms with Gasteiger partial charge < -0.3 is 0 Å². The summed E-state index contributed by atoms with van der Waals surface area (Å²) >= 11 is 1.44. The summed E-state index contributed by atoms with van der Waals surface area (Å²) < 4.78 is 39.3. The van der Waals surface area contributed by atoms with Gasteiger partial charge in [0.25, 0.3) is 0 Å². The molecule has 90 valence electrons. The topological polar surface area (TPSA) is 46.2 Å². The van der Waals surface area contributed by atoms with E-state index in [2.05, 4.69) is 4.72 Å². The maximum atomic E-state index is 13.3. The molecule has 1 aromatic carbocycles. The fraction of sp³-hybridized carbons (Fsp3) is 0.0909. The molecule has 17 heavy (non-hydrogen) atoms. The Labute approximate surface area is 103 Å². The van der Waals surface area contributed by atoms with Gasteiger partial charge in [0, 0.05) is 11.4 Å². The highest BCUT2D eigenvalue weighted by Crippen LogP contribution is 2.14. The first-order valence-corrected chi connectivity index (χ1v) is 7.22. The molecular weight excluding hydrogens is 261 g/mol. The summed E-state index contributed by atoms with van der Waals surface area (Å²) in [5.74, 6) is -0.744. The molecule has 2 aromatic rings. The van der Waals surface area contributed by atoms with Crippen LogP contribution in [0.3, 0.4) is 0 Å². The van der Waals surface area contributed by atoms with Crippen LogP contribution in [0, 0.1) is 5.82 Å².